The monoisotopic (exact) mass is 395 g/mol. The van der Waals surface area contributed by atoms with E-state index in [0.29, 0.717) is 13.1 Å². The van der Waals surface area contributed by atoms with Crippen LogP contribution in [0, 0.1) is 0 Å². The van der Waals surface area contributed by atoms with Gasteiger partial charge in [0.15, 0.2) is 5.17 Å². The van der Waals surface area contributed by atoms with Crippen molar-refractivity contribution in [2.45, 2.75) is 18.2 Å². The summed E-state index contributed by atoms with van der Waals surface area (Å²) in [5.41, 5.74) is 2.41. The van der Waals surface area contributed by atoms with Crippen LogP contribution in [-0.4, -0.2) is 36.1 Å². The molecule has 1 saturated heterocycles. The van der Waals surface area contributed by atoms with E-state index in [1.165, 1.54) is 22.2 Å². The average molecular weight is 396 g/mol. The molecule has 138 valence electrons. The lowest BCUT2D eigenvalue weighted by Gasteiger charge is -2.15. The number of para-hydroxylation sites is 1. The predicted octanol–water partition coefficient (Wildman–Crippen LogP) is 4.59. The topological polar surface area (TPSA) is 35.9 Å². The summed E-state index contributed by atoms with van der Waals surface area (Å²) in [6.45, 7) is 3.31. The molecule has 6 heteroatoms. The van der Waals surface area contributed by atoms with Gasteiger partial charge in [0.25, 0.3) is 5.91 Å². The Balaban J connectivity index is 1.56. The summed E-state index contributed by atoms with van der Waals surface area (Å²) in [5.74, 6) is 0.0584. The van der Waals surface area contributed by atoms with E-state index in [4.69, 9.17) is 4.99 Å². The smallest absolute Gasteiger partial charge is 0.269 e. The number of nitrogens with zero attached hydrogens (tertiary/aromatic N) is 3. The van der Waals surface area contributed by atoms with E-state index in [9.17, 15) is 4.79 Å². The van der Waals surface area contributed by atoms with E-state index in [1.807, 2.05) is 44.3 Å². The highest BCUT2D eigenvalue weighted by Gasteiger charge is 2.38. The predicted molar refractivity (Wildman–Crippen MR) is 115 cm³/mol. The van der Waals surface area contributed by atoms with Gasteiger partial charge in [-0.25, -0.2) is 0 Å². The number of likely N-dealkylation sites (N-methyl/N-ethyl adjacent to an activating group) is 1. The van der Waals surface area contributed by atoms with Crippen molar-refractivity contribution in [1.82, 2.24) is 4.90 Å². The molecule has 2 aromatic rings. The Hall–Kier alpha value is -2.18. The van der Waals surface area contributed by atoms with Gasteiger partial charge in [-0.15, -0.1) is 0 Å². The Morgan fingerprint density at radius 1 is 1.00 bits per heavy atom. The molecule has 0 radical (unpaired) electrons. The van der Waals surface area contributed by atoms with Crippen LogP contribution in [0.3, 0.4) is 0 Å². The van der Waals surface area contributed by atoms with Crippen LogP contribution >= 0.6 is 23.5 Å². The molecule has 0 bridgehead atoms. The lowest BCUT2D eigenvalue weighted by atomic mass is 10.2. The van der Waals surface area contributed by atoms with Gasteiger partial charge in [-0.05, 0) is 42.8 Å². The fourth-order valence-corrected chi connectivity index (χ4v) is 5.57. The maximum Gasteiger partial charge on any atom is 0.269 e. The molecule has 2 aromatic carbocycles. The summed E-state index contributed by atoms with van der Waals surface area (Å²) in [7, 11) is 2.02. The van der Waals surface area contributed by atoms with Crippen molar-refractivity contribution in [3.05, 3.63) is 70.1 Å². The second-order valence-corrected chi connectivity index (χ2v) is 8.32. The number of carbonyl (C=O) groups is 1. The van der Waals surface area contributed by atoms with Gasteiger partial charge in [-0.2, -0.15) is 0 Å². The Kier molecular flexibility index (Phi) is 5.27. The highest BCUT2D eigenvalue weighted by atomic mass is 32.2. The Bertz CT molecular complexity index is 924. The van der Waals surface area contributed by atoms with E-state index in [-0.39, 0.29) is 5.91 Å². The molecule has 0 unspecified atom stereocenters. The van der Waals surface area contributed by atoms with Crippen molar-refractivity contribution >= 4 is 40.3 Å². The van der Waals surface area contributed by atoms with Crippen molar-refractivity contribution in [2.75, 3.05) is 25.0 Å². The number of hydrogen-bond donors (Lipinski definition) is 0. The zero-order valence-electron chi connectivity index (χ0n) is 15.4. The number of benzene rings is 2. The minimum Gasteiger partial charge on any atom is -0.337 e. The van der Waals surface area contributed by atoms with Crippen LogP contribution in [-0.2, 0) is 11.2 Å². The highest BCUT2D eigenvalue weighted by molar-refractivity contribution is 8.19. The molecule has 4 nitrogen and oxygen atoms in total. The summed E-state index contributed by atoms with van der Waals surface area (Å²) in [6, 6.07) is 18.6. The zero-order valence-corrected chi connectivity index (χ0v) is 17.0. The number of carbonyl (C=O) groups excluding carboxylic acids is 1. The summed E-state index contributed by atoms with van der Waals surface area (Å²) in [5, 5.41) is 1.81. The molecular weight excluding hydrogens is 374 g/mol. The second kappa shape index (κ2) is 7.82. The molecule has 0 atom stereocenters. The molecule has 0 aliphatic carbocycles. The molecule has 1 fully saturated rings. The molecule has 0 saturated carbocycles. The molecule has 1 amide bonds. The normalized spacial score (nSPS) is 20.7. The molecule has 4 rings (SSSR count). The standard InChI is InChI=1S/C21H21N3OS2/c1-3-24-19(25)18(20-23(2)16-11-7-8-12-17(16)26-20)27-21(24)22-14-13-15-9-5-4-6-10-15/h4-12H,3,13-14H2,1-2H3. The molecule has 2 heterocycles. The lowest BCUT2D eigenvalue weighted by Crippen LogP contribution is -2.29. The first-order chi connectivity index (χ1) is 13.2. The Morgan fingerprint density at radius 3 is 2.48 bits per heavy atom. The van der Waals surface area contributed by atoms with Gasteiger partial charge in [0.2, 0.25) is 0 Å². The van der Waals surface area contributed by atoms with E-state index in [1.54, 1.807) is 16.7 Å². The highest BCUT2D eigenvalue weighted by Crippen LogP contribution is 2.49. The first-order valence-electron chi connectivity index (χ1n) is 9.02. The maximum absolute atomic E-state index is 13.0. The minimum atomic E-state index is 0.0584. The molecule has 0 spiro atoms. The number of thioether (sulfide) groups is 2. The number of anilines is 1. The summed E-state index contributed by atoms with van der Waals surface area (Å²) in [4.78, 5) is 23.6. The molecule has 2 aliphatic rings. The Labute approximate surface area is 168 Å². The molecule has 0 N–H and O–H groups in total. The van der Waals surface area contributed by atoms with Crippen molar-refractivity contribution < 1.29 is 4.79 Å². The minimum absolute atomic E-state index is 0.0584. The quantitative estimate of drug-likeness (QED) is 0.710. The van der Waals surface area contributed by atoms with Crippen LogP contribution in [0.15, 0.2) is 74.4 Å². The lowest BCUT2D eigenvalue weighted by molar-refractivity contribution is -0.122. The fourth-order valence-electron chi connectivity index (χ4n) is 3.16. The van der Waals surface area contributed by atoms with Crippen molar-refractivity contribution in [1.29, 1.82) is 0 Å². The molecule has 0 aromatic heterocycles. The van der Waals surface area contributed by atoms with Gasteiger partial charge in [0.05, 0.1) is 10.7 Å². The fraction of sp³-hybridized carbons (Fsp3) is 0.238. The van der Waals surface area contributed by atoms with Crippen LogP contribution in [0.5, 0.6) is 0 Å². The van der Waals surface area contributed by atoms with Crippen LogP contribution in [0.25, 0.3) is 0 Å². The van der Waals surface area contributed by atoms with Gasteiger partial charge < -0.3 is 4.90 Å². The van der Waals surface area contributed by atoms with E-state index < -0.39 is 0 Å². The van der Waals surface area contributed by atoms with Gasteiger partial charge >= 0.3 is 0 Å². The number of fused-ring (bicyclic) bond motifs is 1. The number of aliphatic imine (C=N–C) groups is 1. The van der Waals surface area contributed by atoms with Gasteiger partial charge in [-0.1, -0.05) is 54.2 Å². The number of amidine groups is 1. The first kappa shape index (κ1) is 18.2. The van der Waals surface area contributed by atoms with E-state index in [2.05, 4.69) is 29.2 Å². The third-order valence-electron chi connectivity index (χ3n) is 4.60. The van der Waals surface area contributed by atoms with Gasteiger partial charge in [-0.3, -0.25) is 14.7 Å². The largest absolute Gasteiger partial charge is 0.337 e. The Morgan fingerprint density at radius 2 is 1.74 bits per heavy atom. The van der Waals surface area contributed by atoms with E-state index >= 15 is 0 Å². The van der Waals surface area contributed by atoms with Crippen molar-refractivity contribution in [2.24, 2.45) is 4.99 Å². The second-order valence-electron chi connectivity index (χ2n) is 6.31. The number of rotatable bonds is 4. The molecule has 2 aliphatic heterocycles. The first-order valence-corrected chi connectivity index (χ1v) is 10.7. The summed E-state index contributed by atoms with van der Waals surface area (Å²) < 4.78 is 0. The zero-order chi connectivity index (χ0) is 18.8. The number of amides is 1. The van der Waals surface area contributed by atoms with Gasteiger partial charge in [0, 0.05) is 25.0 Å². The summed E-state index contributed by atoms with van der Waals surface area (Å²) >= 11 is 3.16. The maximum atomic E-state index is 13.0. The van der Waals surface area contributed by atoms with Crippen LogP contribution in [0.1, 0.15) is 12.5 Å². The molecular formula is C21H21N3OS2. The SMILES string of the molecule is CCN1C(=O)C(=C2Sc3ccccc3N2C)SC1=NCCc1ccccc1. The third-order valence-corrected chi connectivity index (χ3v) is 7.07. The number of hydrogen-bond acceptors (Lipinski definition) is 5. The van der Waals surface area contributed by atoms with E-state index in [0.717, 1.165) is 27.2 Å². The van der Waals surface area contributed by atoms with Crippen LogP contribution in [0.4, 0.5) is 5.69 Å². The van der Waals surface area contributed by atoms with Gasteiger partial charge in [0.1, 0.15) is 4.91 Å². The van der Waals surface area contributed by atoms with Crippen molar-refractivity contribution in [3.63, 3.8) is 0 Å². The van der Waals surface area contributed by atoms with Crippen LogP contribution in [0.2, 0.25) is 0 Å². The third kappa shape index (κ3) is 3.51. The average Bonchev–Trinajstić information content (AvgIpc) is 3.19. The van der Waals surface area contributed by atoms with Crippen LogP contribution < -0.4 is 4.90 Å². The molecule has 27 heavy (non-hydrogen) atoms. The summed E-state index contributed by atoms with van der Waals surface area (Å²) in [6.07, 6.45) is 0.878. The van der Waals surface area contributed by atoms with Crippen molar-refractivity contribution in [3.8, 4) is 0 Å².